The van der Waals surface area contributed by atoms with Crippen LogP contribution in [0.25, 0.3) is 0 Å². The van der Waals surface area contributed by atoms with Crippen molar-refractivity contribution in [1.82, 2.24) is 0 Å². The molecular weight excluding hydrogens is 106 g/mol. The Balaban J connectivity index is 3.14. The van der Waals surface area contributed by atoms with Crippen LogP contribution in [0.15, 0.2) is 11.5 Å². The zero-order chi connectivity index (χ0) is 4.99. The topological polar surface area (TPSA) is 9.23 Å². The van der Waals surface area contributed by atoms with E-state index in [1.165, 1.54) is 7.11 Å². The Morgan fingerprint density at radius 1 is 2.00 bits per heavy atom. The molecule has 0 aromatic heterocycles. The fraction of sp³-hybridized carbons (Fsp3) is 0.333. The average Bonchev–Trinajstić information content (AvgIpc) is 1.35. The van der Waals surface area contributed by atoms with Crippen LogP contribution < -0.4 is 0 Å². The average molecular weight is 111 g/mol. The summed E-state index contributed by atoms with van der Waals surface area (Å²) in [4.78, 5) is 0. The molecule has 6 heavy (non-hydrogen) atoms. The van der Waals surface area contributed by atoms with E-state index in [9.17, 15) is 4.39 Å². The Hall–Kier alpha value is -0.240. The Bertz CT molecular complexity index is 57.8. The maximum absolute atomic E-state index is 11.2. The number of rotatable bonds is 1. The first-order valence-corrected chi connectivity index (χ1v) is 1.69. The van der Waals surface area contributed by atoms with Crippen LogP contribution in [0.2, 0.25) is 0 Å². The van der Waals surface area contributed by atoms with Crippen molar-refractivity contribution >= 4 is 11.6 Å². The molecule has 0 aliphatic heterocycles. The first kappa shape index (κ1) is 5.76. The molecule has 3 heteroatoms. The normalized spacial score (nSPS) is 11.5. The van der Waals surface area contributed by atoms with Crippen molar-refractivity contribution in [3.8, 4) is 0 Å². The Morgan fingerprint density at radius 3 is 2.50 bits per heavy atom. The van der Waals surface area contributed by atoms with Gasteiger partial charge in [-0.3, -0.25) is 0 Å². The summed E-state index contributed by atoms with van der Waals surface area (Å²) >= 11 is 4.65. The molecule has 0 aliphatic carbocycles. The SMILES string of the molecule is COC=C(F)Cl. The van der Waals surface area contributed by atoms with E-state index in [-0.39, 0.29) is 0 Å². The van der Waals surface area contributed by atoms with Crippen molar-refractivity contribution in [3.05, 3.63) is 11.5 Å². The minimum Gasteiger partial charge on any atom is -0.500 e. The van der Waals surface area contributed by atoms with Crippen molar-refractivity contribution in [2.24, 2.45) is 0 Å². The smallest absolute Gasteiger partial charge is 0.223 e. The maximum Gasteiger partial charge on any atom is 0.223 e. The molecule has 0 rings (SSSR count). The molecule has 1 nitrogen and oxygen atoms in total. The monoisotopic (exact) mass is 110 g/mol. The number of methoxy groups -OCH3 is 1. The molecule has 0 radical (unpaired) electrons. The zero-order valence-electron chi connectivity index (χ0n) is 3.24. The molecule has 0 bridgehead atoms. The second-order valence-corrected chi connectivity index (χ2v) is 1.00. The standard InChI is InChI=1S/C3H4ClFO/c1-6-2-3(4)5/h2H,1H3. The summed E-state index contributed by atoms with van der Waals surface area (Å²) in [7, 11) is 1.32. The van der Waals surface area contributed by atoms with Crippen LogP contribution in [0, 0.1) is 0 Å². The first-order valence-electron chi connectivity index (χ1n) is 1.31. The summed E-state index contributed by atoms with van der Waals surface area (Å²) in [5, 5.41) is -0.836. The number of hydrogen-bond donors (Lipinski definition) is 0. The highest BCUT2D eigenvalue weighted by Crippen LogP contribution is 1.99. The number of halogens is 2. The van der Waals surface area contributed by atoms with Gasteiger partial charge in [0.1, 0.15) is 6.26 Å². The lowest BCUT2D eigenvalue weighted by Gasteiger charge is -1.79. The van der Waals surface area contributed by atoms with Crippen LogP contribution in [0.5, 0.6) is 0 Å². The van der Waals surface area contributed by atoms with E-state index in [0.717, 1.165) is 6.26 Å². The quantitative estimate of drug-likeness (QED) is 0.467. The molecule has 0 fully saturated rings. The largest absolute Gasteiger partial charge is 0.500 e. The molecular formula is C3H4ClFO. The molecule has 0 aromatic carbocycles. The van der Waals surface area contributed by atoms with E-state index in [2.05, 4.69) is 16.3 Å². The minimum absolute atomic E-state index is 0.807. The van der Waals surface area contributed by atoms with E-state index in [1.54, 1.807) is 0 Å². The Morgan fingerprint density at radius 2 is 2.50 bits per heavy atom. The second-order valence-electron chi connectivity index (χ2n) is 0.643. The zero-order valence-corrected chi connectivity index (χ0v) is 4.00. The van der Waals surface area contributed by atoms with E-state index in [4.69, 9.17) is 0 Å². The van der Waals surface area contributed by atoms with Gasteiger partial charge in [0.15, 0.2) is 0 Å². The highest BCUT2D eigenvalue weighted by atomic mass is 35.5. The molecule has 0 aliphatic rings. The highest BCUT2D eigenvalue weighted by molar-refractivity contribution is 6.27. The van der Waals surface area contributed by atoms with Gasteiger partial charge in [-0.2, -0.15) is 4.39 Å². The number of ether oxygens (including phenoxy) is 1. The van der Waals surface area contributed by atoms with Gasteiger partial charge in [-0.05, 0) is 11.6 Å². The van der Waals surface area contributed by atoms with Crippen molar-refractivity contribution < 1.29 is 9.13 Å². The van der Waals surface area contributed by atoms with Gasteiger partial charge in [0.25, 0.3) is 0 Å². The first-order chi connectivity index (χ1) is 2.77. The molecule has 0 spiro atoms. The van der Waals surface area contributed by atoms with Crippen LogP contribution in [0.3, 0.4) is 0 Å². The van der Waals surface area contributed by atoms with Gasteiger partial charge < -0.3 is 4.74 Å². The molecule has 0 heterocycles. The lowest BCUT2D eigenvalue weighted by molar-refractivity contribution is 0.328. The van der Waals surface area contributed by atoms with Gasteiger partial charge in [0, 0.05) is 0 Å². The van der Waals surface area contributed by atoms with E-state index < -0.39 is 5.29 Å². The van der Waals surface area contributed by atoms with Crippen molar-refractivity contribution in [2.75, 3.05) is 7.11 Å². The van der Waals surface area contributed by atoms with Crippen molar-refractivity contribution in [1.29, 1.82) is 0 Å². The van der Waals surface area contributed by atoms with Gasteiger partial charge in [0.05, 0.1) is 7.11 Å². The van der Waals surface area contributed by atoms with Gasteiger partial charge in [-0.25, -0.2) is 0 Å². The molecule has 0 N–H and O–H groups in total. The molecule has 0 unspecified atom stereocenters. The highest BCUT2D eigenvalue weighted by Gasteiger charge is 1.77. The van der Waals surface area contributed by atoms with Crippen LogP contribution in [0.4, 0.5) is 4.39 Å². The summed E-state index contributed by atoms with van der Waals surface area (Å²) in [6.07, 6.45) is 0.807. The molecule has 0 saturated carbocycles. The van der Waals surface area contributed by atoms with E-state index in [1.807, 2.05) is 0 Å². The number of hydrogen-bond acceptors (Lipinski definition) is 1. The molecule has 0 atom stereocenters. The predicted molar refractivity (Wildman–Crippen MR) is 22.1 cm³/mol. The van der Waals surface area contributed by atoms with Gasteiger partial charge >= 0.3 is 0 Å². The minimum atomic E-state index is -0.836. The van der Waals surface area contributed by atoms with Crippen molar-refractivity contribution in [2.45, 2.75) is 0 Å². The molecule has 0 aromatic rings. The van der Waals surface area contributed by atoms with Crippen LogP contribution in [-0.2, 0) is 4.74 Å². The third-order valence-electron chi connectivity index (χ3n) is 0.207. The second kappa shape index (κ2) is 2.97. The third kappa shape index (κ3) is 3.76. The third-order valence-corrected chi connectivity index (χ3v) is 0.296. The lowest BCUT2D eigenvalue weighted by atomic mass is 11.1. The summed E-state index contributed by atoms with van der Waals surface area (Å²) in [5.74, 6) is 0. The summed E-state index contributed by atoms with van der Waals surface area (Å²) in [6.45, 7) is 0. The van der Waals surface area contributed by atoms with Crippen LogP contribution in [0.1, 0.15) is 0 Å². The van der Waals surface area contributed by atoms with Gasteiger partial charge in [-0.15, -0.1) is 0 Å². The van der Waals surface area contributed by atoms with E-state index in [0.29, 0.717) is 0 Å². The molecule has 0 saturated heterocycles. The maximum atomic E-state index is 11.2. The Labute approximate surface area is 40.4 Å². The van der Waals surface area contributed by atoms with Gasteiger partial charge in [-0.1, -0.05) is 0 Å². The van der Waals surface area contributed by atoms with Crippen LogP contribution in [-0.4, -0.2) is 7.11 Å². The Kier molecular flexibility index (Phi) is 2.85. The fourth-order valence-corrected chi connectivity index (χ4v) is 0.178. The predicted octanol–water partition coefficient (Wildman–Crippen LogP) is 1.64. The summed E-state index contributed by atoms with van der Waals surface area (Å²) in [6, 6.07) is 0. The van der Waals surface area contributed by atoms with Crippen LogP contribution >= 0.6 is 11.6 Å². The molecule has 0 amide bonds. The van der Waals surface area contributed by atoms with E-state index >= 15 is 0 Å². The lowest BCUT2D eigenvalue weighted by Crippen LogP contribution is -1.62. The summed E-state index contributed by atoms with van der Waals surface area (Å²) < 4.78 is 15.3. The van der Waals surface area contributed by atoms with Gasteiger partial charge in [0.2, 0.25) is 5.29 Å². The summed E-state index contributed by atoms with van der Waals surface area (Å²) in [5.41, 5.74) is 0. The fourth-order valence-electron chi connectivity index (χ4n) is 0.0891. The molecule has 36 valence electrons. The van der Waals surface area contributed by atoms with Crippen molar-refractivity contribution in [3.63, 3.8) is 0 Å².